The zero-order valence-electron chi connectivity index (χ0n) is 13.8. The van der Waals surface area contributed by atoms with Gasteiger partial charge in [-0.25, -0.2) is 5.43 Å². The van der Waals surface area contributed by atoms with Crippen LogP contribution in [0.15, 0.2) is 39.9 Å². The highest BCUT2D eigenvalue weighted by atomic mass is 79.9. The Labute approximate surface area is 153 Å². The molecule has 2 aromatic carbocycles. The Morgan fingerprint density at radius 3 is 2.76 bits per heavy atom. The molecule has 25 heavy (non-hydrogen) atoms. The van der Waals surface area contributed by atoms with Crippen LogP contribution in [0.4, 0.5) is 0 Å². The Balaban J connectivity index is 1.53. The number of rotatable bonds is 5. The quantitative estimate of drug-likeness (QED) is 0.612. The van der Waals surface area contributed by atoms with Crippen LogP contribution in [0.25, 0.3) is 0 Å². The molecule has 3 rings (SSSR count). The summed E-state index contributed by atoms with van der Waals surface area (Å²) in [6, 6.07) is 9.28. The van der Waals surface area contributed by atoms with Gasteiger partial charge in [-0.1, -0.05) is 6.07 Å². The summed E-state index contributed by atoms with van der Waals surface area (Å²) in [5.74, 6) is 1.64. The molecule has 1 aliphatic rings. The normalized spacial score (nSPS) is 12.4. The molecule has 1 aliphatic heterocycles. The van der Waals surface area contributed by atoms with Gasteiger partial charge in [-0.2, -0.15) is 5.10 Å². The fraction of sp³-hybridized carbons (Fsp3) is 0.222. The Bertz CT molecular complexity index is 836. The minimum atomic E-state index is -0.341. The molecule has 0 saturated carbocycles. The molecule has 0 unspecified atom stereocenters. The molecule has 6 nitrogen and oxygen atoms in total. The highest BCUT2D eigenvalue weighted by Crippen LogP contribution is 2.36. The first-order valence-corrected chi connectivity index (χ1v) is 8.43. The summed E-state index contributed by atoms with van der Waals surface area (Å²) in [5.41, 5.74) is 5.49. The monoisotopic (exact) mass is 404 g/mol. The van der Waals surface area contributed by atoms with Gasteiger partial charge in [0.1, 0.15) is 5.75 Å². The predicted octanol–water partition coefficient (Wildman–Crippen LogP) is 3.32. The van der Waals surface area contributed by atoms with E-state index in [4.69, 9.17) is 14.2 Å². The number of carbonyl (C=O) groups excluding carboxylic acids is 1. The molecule has 0 aliphatic carbocycles. The number of ether oxygens (including phenoxy) is 3. The van der Waals surface area contributed by atoms with Crippen LogP contribution in [0.1, 0.15) is 16.7 Å². The largest absolute Gasteiger partial charge is 0.484 e. The number of hydrogen-bond acceptors (Lipinski definition) is 5. The van der Waals surface area contributed by atoms with Crippen LogP contribution in [0.3, 0.4) is 0 Å². The SMILES string of the molecule is Cc1ccc(OCC(=O)N/N=C\c2cc3c(cc2Br)OCO3)cc1C. The number of carbonyl (C=O) groups is 1. The van der Waals surface area contributed by atoms with Gasteiger partial charge in [0, 0.05) is 10.0 Å². The van der Waals surface area contributed by atoms with Crippen molar-refractivity contribution in [1.82, 2.24) is 5.43 Å². The van der Waals surface area contributed by atoms with E-state index in [1.54, 1.807) is 12.1 Å². The van der Waals surface area contributed by atoms with Gasteiger partial charge in [0.25, 0.3) is 5.91 Å². The summed E-state index contributed by atoms with van der Waals surface area (Å²) in [5, 5.41) is 3.94. The lowest BCUT2D eigenvalue weighted by atomic mass is 10.1. The first-order valence-electron chi connectivity index (χ1n) is 7.64. The number of amides is 1. The van der Waals surface area contributed by atoms with Gasteiger partial charge < -0.3 is 14.2 Å². The summed E-state index contributed by atoms with van der Waals surface area (Å²) in [4.78, 5) is 11.8. The molecular weight excluding hydrogens is 388 g/mol. The Kier molecular flexibility index (Phi) is 5.23. The highest BCUT2D eigenvalue weighted by Gasteiger charge is 2.15. The maximum Gasteiger partial charge on any atom is 0.277 e. The van der Waals surface area contributed by atoms with Crippen LogP contribution in [-0.4, -0.2) is 25.5 Å². The van der Waals surface area contributed by atoms with Crippen molar-refractivity contribution in [1.29, 1.82) is 0 Å². The molecule has 1 amide bonds. The smallest absolute Gasteiger partial charge is 0.277 e. The minimum absolute atomic E-state index is 0.109. The molecule has 0 spiro atoms. The van der Waals surface area contributed by atoms with Crippen molar-refractivity contribution in [3.63, 3.8) is 0 Å². The molecule has 0 atom stereocenters. The molecular formula is C18H17BrN2O4. The molecule has 0 aromatic heterocycles. The van der Waals surface area contributed by atoms with E-state index >= 15 is 0 Å². The Morgan fingerprint density at radius 2 is 2.00 bits per heavy atom. The lowest BCUT2D eigenvalue weighted by molar-refractivity contribution is -0.123. The van der Waals surface area contributed by atoms with Crippen molar-refractivity contribution in [3.05, 3.63) is 51.5 Å². The van der Waals surface area contributed by atoms with Gasteiger partial charge in [-0.05, 0) is 65.2 Å². The third-order valence-electron chi connectivity index (χ3n) is 3.73. The van der Waals surface area contributed by atoms with Gasteiger partial charge in [0.05, 0.1) is 6.21 Å². The van der Waals surface area contributed by atoms with Crippen molar-refractivity contribution in [3.8, 4) is 17.2 Å². The molecule has 0 saturated heterocycles. The van der Waals surface area contributed by atoms with Crippen LogP contribution in [0.5, 0.6) is 17.2 Å². The van der Waals surface area contributed by atoms with Crippen molar-refractivity contribution in [2.24, 2.45) is 5.10 Å². The van der Waals surface area contributed by atoms with E-state index in [9.17, 15) is 4.79 Å². The molecule has 0 bridgehead atoms. The zero-order chi connectivity index (χ0) is 17.8. The average Bonchev–Trinajstić information content (AvgIpc) is 3.03. The first-order chi connectivity index (χ1) is 12.0. The predicted molar refractivity (Wildman–Crippen MR) is 97.4 cm³/mol. The van der Waals surface area contributed by atoms with Crippen molar-refractivity contribution < 1.29 is 19.0 Å². The topological polar surface area (TPSA) is 69.2 Å². The van der Waals surface area contributed by atoms with E-state index in [0.29, 0.717) is 17.2 Å². The second-order valence-corrected chi connectivity index (χ2v) is 6.41. The highest BCUT2D eigenvalue weighted by molar-refractivity contribution is 9.10. The average molecular weight is 405 g/mol. The fourth-order valence-electron chi connectivity index (χ4n) is 2.19. The summed E-state index contributed by atoms with van der Waals surface area (Å²) in [7, 11) is 0. The van der Waals surface area contributed by atoms with E-state index in [0.717, 1.165) is 15.6 Å². The summed E-state index contributed by atoms with van der Waals surface area (Å²) in [6.07, 6.45) is 1.53. The van der Waals surface area contributed by atoms with Crippen LogP contribution in [0, 0.1) is 13.8 Å². The van der Waals surface area contributed by atoms with Gasteiger partial charge in [0.15, 0.2) is 18.1 Å². The maximum atomic E-state index is 11.8. The minimum Gasteiger partial charge on any atom is -0.484 e. The zero-order valence-corrected chi connectivity index (χ0v) is 15.4. The van der Waals surface area contributed by atoms with Gasteiger partial charge in [-0.3, -0.25) is 4.79 Å². The van der Waals surface area contributed by atoms with Crippen molar-refractivity contribution in [2.75, 3.05) is 13.4 Å². The number of halogens is 1. The summed E-state index contributed by atoms with van der Waals surface area (Å²) < 4.78 is 16.9. The number of fused-ring (bicyclic) bond motifs is 1. The summed E-state index contributed by atoms with van der Waals surface area (Å²) >= 11 is 3.43. The maximum absolute atomic E-state index is 11.8. The van der Waals surface area contributed by atoms with E-state index in [-0.39, 0.29) is 19.3 Å². The van der Waals surface area contributed by atoms with E-state index < -0.39 is 0 Å². The second-order valence-electron chi connectivity index (χ2n) is 5.55. The van der Waals surface area contributed by atoms with Gasteiger partial charge in [-0.15, -0.1) is 0 Å². The molecule has 0 fully saturated rings. The molecule has 0 radical (unpaired) electrons. The van der Waals surface area contributed by atoms with Crippen molar-refractivity contribution >= 4 is 28.1 Å². The molecule has 2 aromatic rings. The molecule has 7 heteroatoms. The molecule has 130 valence electrons. The lowest BCUT2D eigenvalue weighted by Crippen LogP contribution is -2.24. The van der Waals surface area contributed by atoms with Gasteiger partial charge in [0.2, 0.25) is 6.79 Å². The number of aryl methyl sites for hydroxylation is 2. The van der Waals surface area contributed by atoms with E-state index in [1.165, 1.54) is 11.8 Å². The third kappa shape index (κ3) is 4.30. The van der Waals surface area contributed by atoms with Crippen LogP contribution >= 0.6 is 15.9 Å². The van der Waals surface area contributed by atoms with E-state index in [1.807, 2.05) is 32.0 Å². The number of nitrogens with one attached hydrogen (secondary N) is 1. The van der Waals surface area contributed by atoms with E-state index in [2.05, 4.69) is 26.5 Å². The second kappa shape index (κ2) is 7.57. The van der Waals surface area contributed by atoms with Crippen LogP contribution < -0.4 is 19.6 Å². The lowest BCUT2D eigenvalue weighted by Gasteiger charge is -2.07. The number of nitrogens with zero attached hydrogens (tertiary/aromatic N) is 1. The summed E-state index contributed by atoms with van der Waals surface area (Å²) in [6.45, 7) is 4.11. The molecule has 1 N–H and O–H groups in total. The Hall–Kier alpha value is -2.54. The van der Waals surface area contributed by atoms with Crippen LogP contribution in [0.2, 0.25) is 0 Å². The number of hydrogen-bond donors (Lipinski definition) is 1. The van der Waals surface area contributed by atoms with Gasteiger partial charge >= 0.3 is 0 Å². The third-order valence-corrected chi connectivity index (χ3v) is 4.42. The fourth-order valence-corrected chi connectivity index (χ4v) is 2.62. The standard InChI is InChI=1S/C18H17BrN2O4/c1-11-3-4-14(5-12(11)2)23-9-18(22)21-20-8-13-6-16-17(7-15(13)19)25-10-24-16/h3-8H,9-10H2,1-2H3,(H,21,22)/b20-8-. The molecule has 1 heterocycles. The Morgan fingerprint density at radius 1 is 1.24 bits per heavy atom. The first kappa shape index (κ1) is 17.3. The number of hydrazone groups is 1. The van der Waals surface area contributed by atoms with Crippen LogP contribution in [-0.2, 0) is 4.79 Å². The van der Waals surface area contributed by atoms with Crippen molar-refractivity contribution in [2.45, 2.75) is 13.8 Å². The number of benzene rings is 2.